The molecule has 98 valence electrons. The van der Waals surface area contributed by atoms with Crippen LogP contribution in [0, 0.1) is 17.3 Å². The quantitative estimate of drug-likeness (QED) is 0.704. The Morgan fingerprint density at radius 3 is 2.41 bits per heavy atom. The number of likely N-dealkylation sites (tertiary alicyclic amines) is 1. The molecule has 0 aromatic carbocycles. The van der Waals surface area contributed by atoms with Crippen molar-refractivity contribution in [3.05, 3.63) is 0 Å². The molecule has 2 heteroatoms. The highest BCUT2D eigenvalue weighted by Gasteiger charge is 2.39. The molecule has 0 bridgehead atoms. The average molecular weight is 236 g/mol. The molecule has 3 rings (SSSR count). The Labute approximate surface area is 106 Å². The van der Waals surface area contributed by atoms with Gasteiger partial charge >= 0.3 is 0 Å². The van der Waals surface area contributed by atoms with Crippen molar-refractivity contribution >= 4 is 0 Å². The molecule has 2 nitrogen and oxygen atoms in total. The number of rotatable bonds is 1. The predicted octanol–water partition coefficient (Wildman–Crippen LogP) is 2.50. The van der Waals surface area contributed by atoms with Gasteiger partial charge in [-0.1, -0.05) is 20.3 Å². The van der Waals surface area contributed by atoms with Crippen molar-refractivity contribution in [3.63, 3.8) is 0 Å². The van der Waals surface area contributed by atoms with Gasteiger partial charge < -0.3 is 5.32 Å². The summed E-state index contributed by atoms with van der Waals surface area (Å²) in [7, 11) is 0. The largest absolute Gasteiger partial charge is 0.316 e. The summed E-state index contributed by atoms with van der Waals surface area (Å²) in [6, 6.07) is 0.905. The van der Waals surface area contributed by atoms with E-state index in [2.05, 4.69) is 24.1 Å². The molecule has 17 heavy (non-hydrogen) atoms. The Hall–Kier alpha value is -0.0800. The molecule has 3 unspecified atom stereocenters. The second kappa shape index (κ2) is 4.55. The van der Waals surface area contributed by atoms with E-state index in [-0.39, 0.29) is 0 Å². The fraction of sp³-hybridized carbons (Fsp3) is 1.00. The van der Waals surface area contributed by atoms with Crippen LogP contribution in [0.25, 0.3) is 0 Å². The van der Waals surface area contributed by atoms with Crippen LogP contribution >= 0.6 is 0 Å². The zero-order valence-electron chi connectivity index (χ0n) is 11.5. The molecule has 2 saturated heterocycles. The second-order valence-corrected chi connectivity index (χ2v) is 7.38. The van der Waals surface area contributed by atoms with Gasteiger partial charge in [-0.3, -0.25) is 4.90 Å². The van der Waals surface area contributed by atoms with E-state index in [9.17, 15) is 0 Å². The third-order valence-corrected chi connectivity index (χ3v) is 5.48. The minimum Gasteiger partial charge on any atom is -0.316 e. The summed E-state index contributed by atoms with van der Waals surface area (Å²) in [5.74, 6) is 1.93. The van der Waals surface area contributed by atoms with Gasteiger partial charge in [-0.25, -0.2) is 0 Å². The normalized spacial score (nSPS) is 42.4. The number of nitrogens with zero attached hydrogens (tertiary/aromatic N) is 1. The van der Waals surface area contributed by atoms with Crippen LogP contribution in [0.1, 0.15) is 46.0 Å². The molecule has 0 radical (unpaired) electrons. The third kappa shape index (κ3) is 2.53. The molecule has 0 spiro atoms. The van der Waals surface area contributed by atoms with Gasteiger partial charge in [0.15, 0.2) is 0 Å². The molecule has 1 saturated carbocycles. The zero-order valence-corrected chi connectivity index (χ0v) is 11.5. The van der Waals surface area contributed by atoms with Crippen molar-refractivity contribution in [1.82, 2.24) is 10.2 Å². The highest BCUT2D eigenvalue weighted by Crippen LogP contribution is 2.37. The van der Waals surface area contributed by atoms with E-state index < -0.39 is 0 Å². The van der Waals surface area contributed by atoms with E-state index in [1.165, 1.54) is 58.3 Å². The van der Waals surface area contributed by atoms with Crippen molar-refractivity contribution in [3.8, 4) is 0 Å². The summed E-state index contributed by atoms with van der Waals surface area (Å²) >= 11 is 0. The lowest BCUT2D eigenvalue weighted by molar-refractivity contribution is 0.200. The Balaban J connectivity index is 1.58. The molecular weight excluding hydrogens is 208 g/mol. The van der Waals surface area contributed by atoms with Gasteiger partial charge in [0.2, 0.25) is 0 Å². The fourth-order valence-electron chi connectivity index (χ4n) is 4.20. The van der Waals surface area contributed by atoms with Gasteiger partial charge in [0, 0.05) is 19.1 Å². The second-order valence-electron chi connectivity index (χ2n) is 7.38. The predicted molar refractivity (Wildman–Crippen MR) is 72.1 cm³/mol. The summed E-state index contributed by atoms with van der Waals surface area (Å²) in [5.41, 5.74) is 0.603. The van der Waals surface area contributed by atoms with Crippen LogP contribution in [0.5, 0.6) is 0 Å². The van der Waals surface area contributed by atoms with Gasteiger partial charge in [0.1, 0.15) is 0 Å². The summed E-state index contributed by atoms with van der Waals surface area (Å²) in [6.45, 7) is 10.2. The van der Waals surface area contributed by atoms with Crippen molar-refractivity contribution < 1.29 is 0 Å². The van der Waals surface area contributed by atoms with Gasteiger partial charge in [-0.05, 0) is 56.0 Å². The van der Waals surface area contributed by atoms with Crippen LogP contribution in [-0.2, 0) is 0 Å². The van der Waals surface area contributed by atoms with Gasteiger partial charge in [0.25, 0.3) is 0 Å². The lowest BCUT2D eigenvalue weighted by Gasteiger charge is -2.28. The maximum absolute atomic E-state index is 3.55. The van der Waals surface area contributed by atoms with Gasteiger partial charge in [-0.15, -0.1) is 0 Å². The molecule has 0 amide bonds. The lowest BCUT2D eigenvalue weighted by Crippen LogP contribution is -2.35. The van der Waals surface area contributed by atoms with Gasteiger partial charge in [0.05, 0.1) is 0 Å². The maximum atomic E-state index is 3.55. The number of fused-ring (bicyclic) bond motifs is 1. The monoisotopic (exact) mass is 236 g/mol. The minimum absolute atomic E-state index is 0.603. The molecule has 1 aliphatic carbocycles. The smallest absolute Gasteiger partial charge is 0.00957 e. The maximum Gasteiger partial charge on any atom is 0.00957 e. The number of hydrogen-bond acceptors (Lipinski definition) is 2. The SMILES string of the molecule is CC1(C)CCCC(N2CC3CNCC3C2)CC1. The first kappa shape index (κ1) is 12.0. The summed E-state index contributed by atoms with van der Waals surface area (Å²) in [4.78, 5) is 2.83. The Bertz CT molecular complexity index is 262. The molecule has 2 aliphatic heterocycles. The van der Waals surface area contributed by atoms with E-state index in [1.807, 2.05) is 0 Å². The van der Waals surface area contributed by atoms with Crippen LogP contribution in [0.3, 0.4) is 0 Å². The van der Waals surface area contributed by atoms with E-state index in [4.69, 9.17) is 0 Å². The first-order valence-electron chi connectivity index (χ1n) is 7.59. The van der Waals surface area contributed by atoms with Crippen molar-refractivity contribution in [1.29, 1.82) is 0 Å². The standard InChI is InChI=1S/C15H28N2/c1-15(2)6-3-4-14(5-7-15)17-10-12-8-16-9-13(12)11-17/h12-14,16H,3-11H2,1-2H3. The van der Waals surface area contributed by atoms with Crippen LogP contribution in [-0.4, -0.2) is 37.1 Å². The van der Waals surface area contributed by atoms with E-state index in [1.54, 1.807) is 0 Å². The highest BCUT2D eigenvalue weighted by atomic mass is 15.2. The average Bonchev–Trinajstić information content (AvgIpc) is 2.78. The molecule has 3 atom stereocenters. The molecule has 3 fully saturated rings. The van der Waals surface area contributed by atoms with Crippen LogP contribution in [0.15, 0.2) is 0 Å². The fourth-order valence-corrected chi connectivity index (χ4v) is 4.20. The zero-order chi connectivity index (χ0) is 11.9. The van der Waals surface area contributed by atoms with E-state index >= 15 is 0 Å². The van der Waals surface area contributed by atoms with Crippen LogP contribution < -0.4 is 5.32 Å². The molecule has 3 aliphatic rings. The van der Waals surface area contributed by atoms with Crippen LogP contribution in [0.2, 0.25) is 0 Å². The number of nitrogens with one attached hydrogen (secondary N) is 1. The first-order valence-corrected chi connectivity index (χ1v) is 7.59. The number of hydrogen-bond donors (Lipinski definition) is 1. The molecule has 2 heterocycles. The van der Waals surface area contributed by atoms with Crippen molar-refractivity contribution in [2.75, 3.05) is 26.2 Å². The molecule has 0 aromatic rings. The molecule has 1 N–H and O–H groups in total. The summed E-state index contributed by atoms with van der Waals surface area (Å²) < 4.78 is 0. The minimum atomic E-state index is 0.603. The summed E-state index contributed by atoms with van der Waals surface area (Å²) in [6.07, 6.45) is 7.21. The van der Waals surface area contributed by atoms with Crippen molar-refractivity contribution in [2.45, 2.75) is 52.0 Å². The molecule has 0 aromatic heterocycles. The Morgan fingerprint density at radius 1 is 1.00 bits per heavy atom. The topological polar surface area (TPSA) is 15.3 Å². The summed E-state index contributed by atoms with van der Waals surface area (Å²) in [5, 5.41) is 3.55. The third-order valence-electron chi connectivity index (χ3n) is 5.48. The molecular formula is C15H28N2. The van der Waals surface area contributed by atoms with E-state index in [0.29, 0.717) is 5.41 Å². The van der Waals surface area contributed by atoms with Crippen LogP contribution in [0.4, 0.5) is 0 Å². The van der Waals surface area contributed by atoms with Crippen molar-refractivity contribution in [2.24, 2.45) is 17.3 Å². The highest BCUT2D eigenvalue weighted by molar-refractivity contribution is 4.94. The van der Waals surface area contributed by atoms with Gasteiger partial charge in [-0.2, -0.15) is 0 Å². The lowest BCUT2D eigenvalue weighted by atomic mass is 9.85. The first-order chi connectivity index (χ1) is 8.14. The Morgan fingerprint density at radius 2 is 1.71 bits per heavy atom. The Kier molecular flexibility index (Phi) is 3.20. The van der Waals surface area contributed by atoms with E-state index in [0.717, 1.165) is 17.9 Å².